The van der Waals surface area contributed by atoms with Crippen molar-refractivity contribution in [3.05, 3.63) is 50.2 Å². The summed E-state index contributed by atoms with van der Waals surface area (Å²) in [5, 5.41) is 3.66. The molecule has 2 heterocycles. The first-order chi connectivity index (χ1) is 10.0. The molecular weight excluding hydrogens is 365 g/mol. The number of thiocarbonyl (C=S) groups is 1. The zero-order chi connectivity index (χ0) is 15.0. The van der Waals surface area contributed by atoms with E-state index in [0.29, 0.717) is 19.3 Å². The van der Waals surface area contributed by atoms with E-state index in [0.717, 1.165) is 15.3 Å². The number of carbonyl (C=O) groups is 1. The van der Waals surface area contributed by atoms with Gasteiger partial charge in [0.2, 0.25) is 0 Å². The van der Waals surface area contributed by atoms with Crippen LogP contribution in [0.3, 0.4) is 0 Å². The number of hydrogen-bond acceptors (Lipinski definition) is 4. The van der Waals surface area contributed by atoms with E-state index in [1.807, 2.05) is 30.3 Å². The summed E-state index contributed by atoms with van der Waals surface area (Å²) in [7, 11) is 0. The van der Waals surface area contributed by atoms with E-state index in [4.69, 9.17) is 35.4 Å². The monoisotopic (exact) mass is 371 g/mol. The number of carbonyl (C=O) groups excluding carboxylic acids is 1. The molecular formula is C14H7Cl2NOS3. The number of nitrogens with one attached hydrogen (secondary N) is 1. The number of thioether (sulfide) groups is 1. The summed E-state index contributed by atoms with van der Waals surface area (Å²) in [5.74, 6) is -0.144. The van der Waals surface area contributed by atoms with Crippen molar-refractivity contribution in [2.24, 2.45) is 0 Å². The number of thiophene rings is 1. The Labute approximate surface area is 145 Å². The van der Waals surface area contributed by atoms with Crippen LogP contribution in [0.15, 0.2) is 35.2 Å². The molecule has 1 amide bonds. The second-order valence-electron chi connectivity index (χ2n) is 4.18. The second-order valence-corrected chi connectivity index (χ2v) is 7.83. The number of hydrogen-bond donors (Lipinski definition) is 1. The molecule has 3 rings (SSSR count). The lowest BCUT2D eigenvalue weighted by Crippen LogP contribution is -2.17. The number of amides is 1. The highest BCUT2D eigenvalue weighted by molar-refractivity contribution is 8.26. The zero-order valence-electron chi connectivity index (χ0n) is 10.4. The Balaban J connectivity index is 1.90. The van der Waals surface area contributed by atoms with E-state index >= 15 is 0 Å². The molecule has 1 aliphatic rings. The molecule has 1 N–H and O–H groups in total. The van der Waals surface area contributed by atoms with Crippen molar-refractivity contribution in [3.8, 4) is 10.4 Å². The SMILES string of the molecule is O=C1NC(=S)S/C1=C\c1ccc(-c2ccc(Cl)c(Cl)c2)s1. The average molecular weight is 372 g/mol. The fraction of sp³-hybridized carbons (Fsp3) is 0. The molecule has 1 aromatic heterocycles. The van der Waals surface area contributed by atoms with E-state index in [2.05, 4.69) is 5.32 Å². The van der Waals surface area contributed by atoms with E-state index in [1.165, 1.54) is 11.8 Å². The molecule has 1 fully saturated rings. The van der Waals surface area contributed by atoms with E-state index in [9.17, 15) is 4.79 Å². The third-order valence-corrected chi connectivity index (χ3v) is 5.73. The molecule has 1 aliphatic heterocycles. The number of benzene rings is 1. The molecule has 1 saturated heterocycles. The Morgan fingerprint density at radius 2 is 1.95 bits per heavy atom. The molecule has 0 saturated carbocycles. The molecule has 7 heteroatoms. The van der Waals surface area contributed by atoms with Gasteiger partial charge in [0.25, 0.3) is 5.91 Å². The Morgan fingerprint density at radius 1 is 1.14 bits per heavy atom. The van der Waals surface area contributed by atoms with Gasteiger partial charge in [0.15, 0.2) is 0 Å². The van der Waals surface area contributed by atoms with E-state index in [1.54, 1.807) is 17.4 Å². The fourth-order valence-corrected chi connectivity index (χ4v) is 4.14. The van der Waals surface area contributed by atoms with Gasteiger partial charge in [-0.2, -0.15) is 0 Å². The number of halogens is 2. The van der Waals surface area contributed by atoms with Crippen molar-refractivity contribution in [2.75, 3.05) is 0 Å². The summed E-state index contributed by atoms with van der Waals surface area (Å²) in [6.45, 7) is 0. The lowest BCUT2D eigenvalue weighted by atomic mass is 10.2. The predicted octanol–water partition coefficient (Wildman–Crippen LogP) is 5.21. The van der Waals surface area contributed by atoms with Gasteiger partial charge in [-0.1, -0.05) is 53.2 Å². The van der Waals surface area contributed by atoms with Crippen molar-refractivity contribution in [3.63, 3.8) is 0 Å². The first-order valence-electron chi connectivity index (χ1n) is 5.83. The Bertz CT molecular complexity index is 782. The minimum Gasteiger partial charge on any atom is -0.307 e. The van der Waals surface area contributed by atoms with Gasteiger partial charge in [0.05, 0.1) is 15.0 Å². The normalized spacial score (nSPS) is 16.6. The maximum atomic E-state index is 11.6. The molecule has 1 aromatic carbocycles. The van der Waals surface area contributed by atoms with Gasteiger partial charge in [-0.3, -0.25) is 4.79 Å². The summed E-state index contributed by atoms with van der Waals surface area (Å²) in [6, 6.07) is 9.48. The van der Waals surface area contributed by atoms with Gasteiger partial charge in [0.1, 0.15) is 4.32 Å². The maximum Gasteiger partial charge on any atom is 0.263 e. The van der Waals surface area contributed by atoms with Crippen molar-refractivity contribution >= 4 is 74.8 Å². The second kappa shape index (κ2) is 6.10. The molecule has 0 atom stereocenters. The smallest absolute Gasteiger partial charge is 0.263 e. The van der Waals surface area contributed by atoms with Crippen LogP contribution >= 0.6 is 58.5 Å². The molecule has 21 heavy (non-hydrogen) atoms. The average Bonchev–Trinajstić information content (AvgIpc) is 3.01. The molecule has 106 valence electrons. The summed E-state index contributed by atoms with van der Waals surface area (Å²) in [5.41, 5.74) is 0.998. The van der Waals surface area contributed by atoms with Crippen molar-refractivity contribution in [1.82, 2.24) is 5.32 Å². The Morgan fingerprint density at radius 3 is 2.62 bits per heavy atom. The van der Waals surface area contributed by atoms with E-state index in [-0.39, 0.29) is 5.91 Å². The van der Waals surface area contributed by atoms with Crippen LogP contribution in [0.25, 0.3) is 16.5 Å². The van der Waals surface area contributed by atoms with Crippen LogP contribution in [0.1, 0.15) is 4.88 Å². The fourth-order valence-electron chi connectivity index (χ4n) is 1.79. The van der Waals surface area contributed by atoms with Crippen molar-refractivity contribution in [2.45, 2.75) is 0 Å². The summed E-state index contributed by atoms with van der Waals surface area (Å²) >= 11 is 19.8. The third kappa shape index (κ3) is 3.33. The van der Waals surface area contributed by atoms with Crippen LogP contribution in [0.5, 0.6) is 0 Å². The van der Waals surface area contributed by atoms with Crippen LogP contribution < -0.4 is 5.32 Å². The van der Waals surface area contributed by atoms with Gasteiger partial charge < -0.3 is 5.32 Å². The summed E-state index contributed by atoms with van der Waals surface area (Å²) in [6.07, 6.45) is 1.84. The predicted molar refractivity (Wildman–Crippen MR) is 96.1 cm³/mol. The Hall–Kier alpha value is -0.850. The molecule has 0 aliphatic carbocycles. The minimum absolute atomic E-state index is 0.144. The first kappa shape index (κ1) is 15.1. The van der Waals surface area contributed by atoms with Gasteiger partial charge in [-0.15, -0.1) is 11.3 Å². The lowest BCUT2D eigenvalue weighted by molar-refractivity contribution is -0.115. The zero-order valence-corrected chi connectivity index (χ0v) is 14.3. The maximum absolute atomic E-state index is 11.6. The first-order valence-corrected chi connectivity index (χ1v) is 8.63. The lowest BCUT2D eigenvalue weighted by Gasteiger charge is -1.99. The quantitative estimate of drug-likeness (QED) is 0.580. The van der Waals surface area contributed by atoms with Gasteiger partial charge in [0, 0.05) is 9.75 Å². The number of rotatable bonds is 2. The topological polar surface area (TPSA) is 29.1 Å². The van der Waals surface area contributed by atoms with Crippen LogP contribution in [-0.2, 0) is 4.79 Å². The summed E-state index contributed by atoms with van der Waals surface area (Å²) < 4.78 is 0.493. The summed E-state index contributed by atoms with van der Waals surface area (Å²) in [4.78, 5) is 14.3. The molecule has 0 radical (unpaired) electrons. The minimum atomic E-state index is -0.144. The molecule has 0 bridgehead atoms. The largest absolute Gasteiger partial charge is 0.307 e. The molecule has 2 nitrogen and oxygen atoms in total. The van der Waals surface area contributed by atoms with Gasteiger partial charge in [-0.25, -0.2) is 0 Å². The molecule has 0 unspecified atom stereocenters. The highest BCUT2D eigenvalue weighted by atomic mass is 35.5. The van der Waals surface area contributed by atoms with Crippen molar-refractivity contribution < 1.29 is 4.79 Å². The highest BCUT2D eigenvalue weighted by Crippen LogP contribution is 2.35. The van der Waals surface area contributed by atoms with Crippen LogP contribution in [0.4, 0.5) is 0 Å². The van der Waals surface area contributed by atoms with Crippen LogP contribution in [0.2, 0.25) is 10.0 Å². The van der Waals surface area contributed by atoms with Crippen molar-refractivity contribution in [1.29, 1.82) is 0 Å². The third-order valence-electron chi connectivity index (χ3n) is 2.75. The highest BCUT2D eigenvalue weighted by Gasteiger charge is 2.22. The van der Waals surface area contributed by atoms with Gasteiger partial charge >= 0.3 is 0 Å². The van der Waals surface area contributed by atoms with Crippen LogP contribution in [-0.4, -0.2) is 10.2 Å². The Kier molecular flexibility index (Phi) is 4.38. The van der Waals surface area contributed by atoms with Gasteiger partial charge in [-0.05, 0) is 35.9 Å². The van der Waals surface area contributed by atoms with E-state index < -0.39 is 0 Å². The standard InChI is InChI=1S/C14H7Cl2NOS3/c15-9-3-1-7(5-10(9)16)11-4-2-8(20-11)6-12-13(18)17-14(19)21-12/h1-6H,(H,17,18,19)/b12-6-. The van der Waals surface area contributed by atoms with Crippen LogP contribution in [0, 0.1) is 0 Å². The molecule has 2 aromatic rings. The molecule has 0 spiro atoms.